The number of fused-ring (bicyclic) bond motifs is 5. The molecule has 1 aliphatic heterocycles. The van der Waals surface area contributed by atoms with Gasteiger partial charge in [0.2, 0.25) is 0 Å². The van der Waals surface area contributed by atoms with Crippen molar-refractivity contribution in [3.63, 3.8) is 0 Å². The summed E-state index contributed by atoms with van der Waals surface area (Å²) in [6.07, 6.45) is 6.79. The summed E-state index contributed by atoms with van der Waals surface area (Å²) in [6.45, 7) is 7.00. The summed E-state index contributed by atoms with van der Waals surface area (Å²) in [5.74, 6) is -0.157. The van der Waals surface area contributed by atoms with Gasteiger partial charge in [-0.15, -0.1) is 11.3 Å². The van der Waals surface area contributed by atoms with Gasteiger partial charge in [0.25, 0.3) is 0 Å². The number of carbonyl (C=O) groups excluding carboxylic acids is 2. The molecule has 0 spiro atoms. The lowest BCUT2D eigenvalue weighted by Gasteiger charge is -2.33. The lowest BCUT2D eigenvalue weighted by atomic mass is 9.94. The highest BCUT2D eigenvalue weighted by molar-refractivity contribution is 7.15. The lowest BCUT2D eigenvalue weighted by molar-refractivity contribution is 0.0526. The van der Waals surface area contributed by atoms with E-state index in [-0.39, 0.29) is 24.0 Å². The maximum Gasteiger partial charge on any atom is 0.338 e. The minimum Gasteiger partial charge on any atom is -0.462 e. The second-order valence-electron chi connectivity index (χ2n) is 9.35. The molecule has 178 valence electrons. The largest absolute Gasteiger partial charge is 0.462 e. The molecule has 1 atom stereocenters. The third-order valence-corrected chi connectivity index (χ3v) is 8.08. The third-order valence-electron chi connectivity index (χ3n) is 6.74. The van der Waals surface area contributed by atoms with E-state index in [1.165, 1.54) is 33.8 Å². The number of thiophene rings is 1. The number of ether oxygens (including phenoxy) is 1. The summed E-state index contributed by atoms with van der Waals surface area (Å²) in [5, 5.41) is 4.32. The van der Waals surface area contributed by atoms with Gasteiger partial charge in [0.05, 0.1) is 24.8 Å². The molecule has 6 nitrogen and oxygen atoms in total. The smallest absolute Gasteiger partial charge is 0.338 e. The van der Waals surface area contributed by atoms with Gasteiger partial charge in [-0.3, -0.25) is 0 Å². The van der Waals surface area contributed by atoms with Crippen LogP contribution in [0.4, 0.5) is 10.5 Å². The van der Waals surface area contributed by atoms with Gasteiger partial charge in [0.15, 0.2) is 0 Å². The number of benzene rings is 1. The predicted octanol–water partition coefficient (Wildman–Crippen LogP) is 6.34. The Hall–Kier alpha value is -3.06. The molecule has 7 heteroatoms. The molecule has 3 aromatic rings. The van der Waals surface area contributed by atoms with Crippen LogP contribution in [0.3, 0.4) is 0 Å². The fraction of sp³-hybridized carbons (Fsp3) is 0.407. The number of rotatable bonds is 4. The number of hydrogen-bond donors (Lipinski definition) is 1. The van der Waals surface area contributed by atoms with E-state index in [1.54, 1.807) is 25.1 Å². The third kappa shape index (κ3) is 4.02. The van der Waals surface area contributed by atoms with Crippen LogP contribution in [-0.2, 0) is 24.1 Å². The first kappa shape index (κ1) is 22.7. The van der Waals surface area contributed by atoms with E-state index in [9.17, 15) is 9.59 Å². The molecule has 3 heterocycles. The number of nitrogens with one attached hydrogen (secondary N) is 1. The average molecular weight is 478 g/mol. The van der Waals surface area contributed by atoms with Crippen LogP contribution >= 0.6 is 11.3 Å². The standard InChI is InChI=1S/C27H31N3O3S/c1-4-33-26(31)18-9-7-10-19(15-18)28-27(32)30-16-21-20-11-5-6-13-23(20)34-25(21)29-14-8-12-22(29)24(30)17(2)3/h7-10,12,14-15,17,24H,4-6,11,13,16H2,1-3H3,(H,28,32). The fourth-order valence-corrected chi connectivity index (χ4v) is 6.66. The number of carbonyl (C=O) groups is 2. The number of anilines is 1. The minimum atomic E-state index is -0.388. The van der Waals surface area contributed by atoms with Crippen molar-refractivity contribution >= 4 is 29.0 Å². The SMILES string of the molecule is CCOC(=O)c1cccc(NC(=O)N2Cc3c(sc4c3CCCC4)-n3cccc3C2C(C)C)c1. The van der Waals surface area contributed by atoms with E-state index in [2.05, 4.69) is 42.1 Å². The number of esters is 1. The molecule has 0 fully saturated rings. The van der Waals surface area contributed by atoms with Crippen molar-refractivity contribution in [2.24, 2.45) is 5.92 Å². The quantitative estimate of drug-likeness (QED) is 0.446. The fourth-order valence-electron chi connectivity index (χ4n) is 5.26. The van der Waals surface area contributed by atoms with E-state index in [0.717, 1.165) is 18.5 Å². The number of amides is 2. The molecule has 1 N–H and O–H groups in total. The van der Waals surface area contributed by atoms with Gasteiger partial charge in [-0.1, -0.05) is 19.9 Å². The summed E-state index contributed by atoms with van der Waals surface area (Å²) >= 11 is 1.89. The van der Waals surface area contributed by atoms with Crippen molar-refractivity contribution in [3.8, 4) is 5.00 Å². The molecule has 1 unspecified atom stereocenters. The van der Waals surface area contributed by atoms with E-state index in [4.69, 9.17) is 4.74 Å². The first-order chi connectivity index (χ1) is 16.5. The number of nitrogens with zero attached hydrogens (tertiary/aromatic N) is 2. The molecule has 2 aromatic heterocycles. The van der Waals surface area contributed by atoms with Gasteiger partial charge < -0.3 is 19.5 Å². The highest BCUT2D eigenvalue weighted by Gasteiger charge is 2.36. The summed E-state index contributed by atoms with van der Waals surface area (Å²) in [6, 6.07) is 11.0. The number of aromatic nitrogens is 1. The van der Waals surface area contributed by atoms with Crippen LogP contribution in [-0.4, -0.2) is 28.1 Å². The Morgan fingerprint density at radius 1 is 1.15 bits per heavy atom. The monoisotopic (exact) mass is 477 g/mol. The van der Waals surface area contributed by atoms with Crippen molar-refractivity contribution in [1.82, 2.24) is 9.47 Å². The van der Waals surface area contributed by atoms with E-state index in [1.807, 2.05) is 22.3 Å². The van der Waals surface area contributed by atoms with Crippen molar-refractivity contribution in [1.29, 1.82) is 0 Å². The molecule has 0 bridgehead atoms. The highest BCUT2D eigenvalue weighted by atomic mass is 32.1. The van der Waals surface area contributed by atoms with E-state index < -0.39 is 0 Å². The first-order valence-electron chi connectivity index (χ1n) is 12.1. The van der Waals surface area contributed by atoms with Gasteiger partial charge >= 0.3 is 12.0 Å². The highest BCUT2D eigenvalue weighted by Crippen LogP contribution is 2.44. The van der Waals surface area contributed by atoms with Crippen LogP contribution in [0.5, 0.6) is 0 Å². The minimum absolute atomic E-state index is 0.0675. The molecule has 34 heavy (non-hydrogen) atoms. The molecule has 0 saturated carbocycles. The Morgan fingerprint density at radius 3 is 2.76 bits per heavy atom. The van der Waals surface area contributed by atoms with Crippen LogP contribution < -0.4 is 5.32 Å². The average Bonchev–Trinajstić information content (AvgIpc) is 3.40. The van der Waals surface area contributed by atoms with Gasteiger partial charge in [0, 0.05) is 28.0 Å². The van der Waals surface area contributed by atoms with Gasteiger partial charge in [-0.2, -0.15) is 0 Å². The van der Waals surface area contributed by atoms with E-state index in [0.29, 0.717) is 24.4 Å². The second kappa shape index (κ2) is 9.29. The zero-order valence-electron chi connectivity index (χ0n) is 20.0. The summed E-state index contributed by atoms with van der Waals surface area (Å²) < 4.78 is 7.42. The molecule has 0 saturated heterocycles. The van der Waals surface area contributed by atoms with Crippen molar-refractivity contribution < 1.29 is 14.3 Å². The lowest BCUT2D eigenvalue weighted by Crippen LogP contribution is -2.39. The topological polar surface area (TPSA) is 63.6 Å². The summed E-state index contributed by atoms with van der Waals surface area (Å²) in [5.41, 5.74) is 4.89. The van der Waals surface area contributed by atoms with Crippen LogP contribution in [0, 0.1) is 5.92 Å². The molecule has 0 radical (unpaired) electrons. The van der Waals surface area contributed by atoms with Crippen LogP contribution in [0.1, 0.15) is 71.7 Å². The number of hydrogen-bond acceptors (Lipinski definition) is 4. The van der Waals surface area contributed by atoms with Gasteiger partial charge in [-0.05, 0) is 74.4 Å². The molecule has 1 aromatic carbocycles. The zero-order chi connectivity index (χ0) is 23.8. The summed E-state index contributed by atoms with van der Waals surface area (Å²) in [7, 11) is 0. The normalized spacial score (nSPS) is 16.9. The molecule has 2 aliphatic rings. The van der Waals surface area contributed by atoms with Crippen molar-refractivity contribution in [2.75, 3.05) is 11.9 Å². The van der Waals surface area contributed by atoms with Gasteiger partial charge in [-0.25, -0.2) is 9.59 Å². The van der Waals surface area contributed by atoms with Crippen LogP contribution in [0.15, 0.2) is 42.6 Å². The maximum absolute atomic E-state index is 13.8. The summed E-state index contributed by atoms with van der Waals surface area (Å²) in [4.78, 5) is 29.4. The molecule has 1 aliphatic carbocycles. The first-order valence-corrected chi connectivity index (χ1v) is 13.0. The molecule has 5 rings (SSSR count). The number of urea groups is 1. The Labute approximate surface area is 204 Å². The zero-order valence-corrected chi connectivity index (χ0v) is 20.8. The Kier molecular flexibility index (Phi) is 6.21. The number of aryl methyl sites for hydroxylation is 1. The molecular formula is C27H31N3O3S. The van der Waals surface area contributed by atoms with E-state index >= 15 is 0 Å². The van der Waals surface area contributed by atoms with Crippen LogP contribution in [0.2, 0.25) is 0 Å². The Morgan fingerprint density at radius 2 is 1.97 bits per heavy atom. The van der Waals surface area contributed by atoms with Gasteiger partial charge in [0.1, 0.15) is 5.00 Å². The van der Waals surface area contributed by atoms with Crippen LogP contribution in [0.25, 0.3) is 5.00 Å². The maximum atomic E-state index is 13.8. The molecular weight excluding hydrogens is 446 g/mol. The van der Waals surface area contributed by atoms with Crippen molar-refractivity contribution in [2.45, 2.75) is 59.0 Å². The van der Waals surface area contributed by atoms with Crippen molar-refractivity contribution in [3.05, 3.63) is 69.9 Å². The Balaban J connectivity index is 1.52. The second-order valence-corrected chi connectivity index (χ2v) is 10.4. The Bertz CT molecular complexity index is 1230. The molecule has 2 amide bonds. The predicted molar refractivity (Wildman–Crippen MR) is 135 cm³/mol.